The highest BCUT2D eigenvalue weighted by atomic mass is 32.1. The first kappa shape index (κ1) is 11.4. The normalized spacial score (nSPS) is 13.5. The lowest BCUT2D eigenvalue weighted by atomic mass is 10.1. The fourth-order valence-corrected chi connectivity index (χ4v) is 3.10. The van der Waals surface area contributed by atoms with Crippen molar-refractivity contribution in [2.45, 2.75) is 19.9 Å². The smallest absolute Gasteiger partial charge is 0.268 e. The highest BCUT2D eigenvalue weighted by Gasteiger charge is 2.18. The number of hydrogen-bond acceptors (Lipinski definition) is 3. The van der Waals surface area contributed by atoms with Gasteiger partial charge in [0.15, 0.2) is 0 Å². The third-order valence-electron chi connectivity index (χ3n) is 2.83. The quantitative estimate of drug-likeness (QED) is 0.888. The van der Waals surface area contributed by atoms with Crippen molar-refractivity contribution >= 4 is 21.6 Å². The third kappa shape index (κ3) is 1.79. The molecule has 2 rings (SSSR count). The molecule has 0 spiro atoms. The van der Waals surface area contributed by atoms with Crippen LogP contribution in [0.15, 0.2) is 29.1 Å². The molecule has 0 radical (unpaired) electrons. The van der Waals surface area contributed by atoms with Crippen molar-refractivity contribution in [3.63, 3.8) is 0 Å². The van der Waals surface area contributed by atoms with Crippen molar-refractivity contribution < 1.29 is 0 Å². The molecular weight excluding hydrogens is 220 g/mol. The van der Waals surface area contributed by atoms with E-state index in [9.17, 15) is 4.79 Å². The zero-order chi connectivity index (χ0) is 11.7. The Morgan fingerprint density at radius 3 is 2.62 bits per heavy atom. The molecule has 0 fully saturated rings. The van der Waals surface area contributed by atoms with E-state index in [1.165, 1.54) is 11.5 Å². The van der Waals surface area contributed by atoms with Gasteiger partial charge in [-0.3, -0.25) is 8.75 Å². The van der Waals surface area contributed by atoms with Gasteiger partial charge in [0, 0.05) is 6.54 Å². The Bertz CT molecular complexity index is 541. The Morgan fingerprint density at radius 1 is 1.38 bits per heavy atom. The highest BCUT2D eigenvalue weighted by Crippen LogP contribution is 2.23. The summed E-state index contributed by atoms with van der Waals surface area (Å²) in [6.45, 7) is 4.69. The second kappa shape index (κ2) is 4.39. The number of nitrogens with two attached hydrogens (primary N) is 1. The summed E-state index contributed by atoms with van der Waals surface area (Å²) in [6, 6.07) is 7.80. The molecule has 1 aromatic carbocycles. The van der Waals surface area contributed by atoms with Gasteiger partial charge >= 0.3 is 0 Å². The summed E-state index contributed by atoms with van der Waals surface area (Å²) in [6.07, 6.45) is 0. The maximum absolute atomic E-state index is 12.2. The van der Waals surface area contributed by atoms with Crippen LogP contribution < -0.4 is 11.3 Å². The van der Waals surface area contributed by atoms with Crippen LogP contribution in [0.1, 0.15) is 19.9 Å². The molecule has 16 heavy (non-hydrogen) atoms. The van der Waals surface area contributed by atoms with Crippen LogP contribution in [0.5, 0.6) is 0 Å². The minimum Gasteiger partial charge on any atom is -0.328 e. The van der Waals surface area contributed by atoms with E-state index in [2.05, 4.69) is 13.8 Å². The molecule has 1 aromatic heterocycles. The Kier molecular flexibility index (Phi) is 3.12. The van der Waals surface area contributed by atoms with Crippen molar-refractivity contribution in [3.8, 4) is 0 Å². The lowest BCUT2D eigenvalue weighted by Crippen LogP contribution is -2.29. The van der Waals surface area contributed by atoms with Crippen LogP contribution in [0.25, 0.3) is 10.1 Å². The number of benzene rings is 1. The summed E-state index contributed by atoms with van der Waals surface area (Å²) in [4.78, 5) is 12.2. The first-order valence-electron chi connectivity index (χ1n) is 5.45. The summed E-state index contributed by atoms with van der Waals surface area (Å²) in [5, 5.41) is 0.798. The van der Waals surface area contributed by atoms with E-state index in [4.69, 9.17) is 5.73 Å². The van der Waals surface area contributed by atoms with Crippen LogP contribution in [0.2, 0.25) is 0 Å². The third-order valence-corrected chi connectivity index (χ3v) is 4.01. The molecule has 2 N–H and O–H groups in total. The Hall–Kier alpha value is -1.13. The molecule has 0 bridgehead atoms. The van der Waals surface area contributed by atoms with Crippen LogP contribution in [-0.4, -0.2) is 10.5 Å². The molecule has 1 heterocycles. The highest BCUT2D eigenvalue weighted by molar-refractivity contribution is 7.13. The maximum Gasteiger partial charge on any atom is 0.268 e. The number of aromatic nitrogens is 1. The van der Waals surface area contributed by atoms with Crippen LogP contribution in [0.4, 0.5) is 0 Å². The second-order valence-electron chi connectivity index (χ2n) is 4.27. The average Bonchev–Trinajstić information content (AvgIpc) is 2.58. The Morgan fingerprint density at radius 2 is 2.06 bits per heavy atom. The number of nitrogens with zero attached hydrogens (tertiary/aromatic N) is 1. The molecular formula is C12H16N2OS. The molecule has 3 nitrogen and oxygen atoms in total. The number of fused-ring (bicyclic) bond motifs is 1. The molecule has 0 saturated heterocycles. The molecule has 1 unspecified atom stereocenters. The standard InChI is InChI=1S/C12H16N2OS/c1-8(2)10(7-13)14-12(15)9-5-3-4-6-11(9)16-14/h3-6,8,10H,7,13H2,1-2H3. The Labute approximate surface area is 98.7 Å². The van der Waals surface area contributed by atoms with Crippen LogP contribution in [-0.2, 0) is 0 Å². The lowest BCUT2D eigenvalue weighted by Gasteiger charge is -2.18. The van der Waals surface area contributed by atoms with Gasteiger partial charge < -0.3 is 5.73 Å². The average molecular weight is 236 g/mol. The molecule has 0 amide bonds. The van der Waals surface area contributed by atoms with Gasteiger partial charge in [0.25, 0.3) is 5.56 Å². The fourth-order valence-electron chi connectivity index (χ4n) is 1.85. The summed E-state index contributed by atoms with van der Waals surface area (Å²) in [5.74, 6) is 0.371. The number of rotatable bonds is 3. The van der Waals surface area contributed by atoms with Crippen molar-refractivity contribution in [3.05, 3.63) is 34.6 Å². The van der Waals surface area contributed by atoms with Gasteiger partial charge in [-0.2, -0.15) is 0 Å². The summed E-state index contributed by atoms with van der Waals surface area (Å²) >= 11 is 1.51. The maximum atomic E-state index is 12.2. The lowest BCUT2D eigenvalue weighted by molar-refractivity contribution is 0.401. The van der Waals surface area contributed by atoms with Gasteiger partial charge in [-0.25, -0.2) is 0 Å². The first-order valence-corrected chi connectivity index (χ1v) is 6.23. The molecule has 1 atom stereocenters. The van der Waals surface area contributed by atoms with Crippen molar-refractivity contribution in [1.29, 1.82) is 0 Å². The molecule has 86 valence electrons. The van der Waals surface area contributed by atoms with Crippen molar-refractivity contribution in [2.24, 2.45) is 11.7 Å². The van der Waals surface area contributed by atoms with E-state index in [0.29, 0.717) is 12.5 Å². The Balaban J connectivity index is 2.61. The topological polar surface area (TPSA) is 48.0 Å². The largest absolute Gasteiger partial charge is 0.328 e. The summed E-state index contributed by atoms with van der Waals surface area (Å²) in [5.41, 5.74) is 5.83. The van der Waals surface area contributed by atoms with Gasteiger partial charge in [0.05, 0.1) is 16.1 Å². The van der Waals surface area contributed by atoms with Crippen LogP contribution in [0, 0.1) is 5.92 Å². The minimum absolute atomic E-state index is 0.0877. The number of hydrogen-bond donors (Lipinski definition) is 1. The molecule has 0 aliphatic carbocycles. The first-order chi connectivity index (χ1) is 7.65. The van der Waals surface area contributed by atoms with Crippen molar-refractivity contribution in [2.75, 3.05) is 6.54 Å². The van der Waals surface area contributed by atoms with E-state index in [1.807, 2.05) is 28.2 Å². The molecule has 2 aromatic rings. The monoisotopic (exact) mass is 236 g/mol. The molecule has 4 heteroatoms. The summed E-state index contributed by atoms with van der Waals surface area (Å²) < 4.78 is 2.85. The zero-order valence-corrected chi connectivity index (χ0v) is 10.3. The van der Waals surface area contributed by atoms with Gasteiger partial charge in [0.1, 0.15) is 0 Å². The minimum atomic E-state index is 0.0877. The van der Waals surface area contributed by atoms with Gasteiger partial charge in [0.2, 0.25) is 0 Å². The fraction of sp³-hybridized carbons (Fsp3) is 0.417. The molecule has 0 saturated carbocycles. The zero-order valence-electron chi connectivity index (χ0n) is 9.51. The van der Waals surface area contributed by atoms with E-state index < -0.39 is 0 Å². The predicted molar refractivity (Wildman–Crippen MR) is 69.0 cm³/mol. The summed E-state index contributed by atoms with van der Waals surface area (Å²) in [7, 11) is 0. The molecule has 0 aliphatic rings. The van der Waals surface area contributed by atoms with Crippen LogP contribution >= 0.6 is 11.5 Å². The van der Waals surface area contributed by atoms with Crippen molar-refractivity contribution in [1.82, 2.24) is 3.96 Å². The molecule has 0 aliphatic heterocycles. The van der Waals surface area contributed by atoms with Crippen LogP contribution in [0.3, 0.4) is 0 Å². The second-order valence-corrected chi connectivity index (χ2v) is 5.28. The van der Waals surface area contributed by atoms with Gasteiger partial charge in [-0.15, -0.1) is 0 Å². The van der Waals surface area contributed by atoms with E-state index in [1.54, 1.807) is 0 Å². The van der Waals surface area contributed by atoms with Gasteiger partial charge in [-0.1, -0.05) is 37.5 Å². The SMILES string of the molecule is CC(C)C(CN)n1sc2ccccc2c1=O. The van der Waals surface area contributed by atoms with E-state index in [0.717, 1.165) is 10.1 Å². The van der Waals surface area contributed by atoms with Gasteiger partial charge in [-0.05, 0) is 18.1 Å². The predicted octanol–water partition coefficient (Wildman–Crippen LogP) is 2.22. The van der Waals surface area contributed by atoms with E-state index in [-0.39, 0.29) is 11.6 Å². The van der Waals surface area contributed by atoms with E-state index >= 15 is 0 Å².